The Morgan fingerprint density at radius 2 is 0.861 bits per heavy atom. The fraction of sp³-hybridized carbons (Fsp3) is 0.337. The molecular weight excluding hydrogens is 1900 g/mol. The number of nitrogens with one attached hydrogen (secondary N) is 2. The van der Waals surface area contributed by atoms with E-state index in [-0.39, 0.29) is 177 Å². The zero-order valence-electron chi connectivity index (χ0n) is 84.2. The SMILES string of the molecule is C1CCOC1.C=C(C)n1c(=O)[nH]c2ccc(C)cc21.C=C(C)n1c(=O)n(Cc2cc(Cl)cc3c(C)c(C)n(C)c23)c2ccc(C)cc21.CC/C=C/C(=O)OC.CCC(CC(=O)OC)n1c(=O)n(Cc2cc(Cl)cc3c(C)c(C)n(C)c23)c2ccc(C)cc21.CO.Cc1c(C)n(C)c2c(CO)cc(Cl)cc12.Cc1ccc2c(c1)[nH]c(=O)n2Cc1cc(Cl)cc2c(C)c(C)n(C)c12.Cl.O=CO[O-].[H-].[K+].[K+]. The van der Waals surface area contributed by atoms with E-state index >= 15 is 0 Å². The van der Waals surface area contributed by atoms with Crippen molar-refractivity contribution in [2.24, 2.45) is 28.2 Å². The number of esters is 2. The number of aromatic amines is 2. The second-order valence-corrected chi connectivity index (χ2v) is 35.2. The van der Waals surface area contributed by atoms with Gasteiger partial charge in [-0.2, -0.15) is 0 Å². The fourth-order valence-electron chi connectivity index (χ4n) is 17.1. The second kappa shape index (κ2) is 52.6. The maximum Gasteiger partial charge on any atom is 1.00 e. The number of allylic oxidation sites excluding steroid dienone is 3. The number of benzene rings is 8. The molecule has 9 heterocycles. The predicted molar refractivity (Wildman–Crippen MR) is 552 cm³/mol. The average molecular weight is 2020 g/mol. The van der Waals surface area contributed by atoms with Crippen molar-refractivity contribution >= 4 is 176 Å². The monoisotopic (exact) mass is 2020 g/mol. The summed E-state index contributed by atoms with van der Waals surface area (Å²) in [5, 5.41) is 32.0. The summed E-state index contributed by atoms with van der Waals surface area (Å²) in [6, 6.07) is 39.3. The summed E-state index contributed by atoms with van der Waals surface area (Å²) in [5.74, 6) is -0.611. The number of carbonyl (C=O) groups is 3. The van der Waals surface area contributed by atoms with Gasteiger partial charge in [-0.25, -0.2) is 24.0 Å². The Balaban J connectivity index is 0.000000295. The Kier molecular flexibility index (Phi) is 44.9. The number of aryl methyl sites for hydroxylation is 12. The van der Waals surface area contributed by atoms with E-state index in [1.54, 1.807) is 28.9 Å². The standard InChI is InChI=1S/C26H30ClN3O3.C23H24ClN3O.C20H20ClN3O.C12H14ClNO.C11H12N2O.C6H10O2.C4H8O.CH2O3.CH4O.ClH.2K.H/c1-7-20(13-24(31)33-6)30-23-10-15(2)8-9-22(23)29(26(30)32)14-18-11-19(27)12-21-16(3)17(4)28(5)25(18)21;1-13(2)27-21-9-14(3)7-8-20(21)26(23(27)28)12-17-10-18(24)11-19-15(4)16(5)25(6)22(17)19;1-11-5-6-18-17(7-11)22-20(25)24(18)10-14-8-15(21)9-16-12(2)13(3)23(4)19(14)16;1-7-8(2)14(3)12-9(6-15)4-10(13)5-11(7)12;1-7(2)13-10-6-8(3)4-5-9(10)12-11(13)14;1-3-4-5-6(7)8-2;1-2-4-5-3-1;2-1-4-3;1-2;;;;/h8-12,20H,7,13-14H2,1-6H3;7-11H,1,12H2,2-6H3;5-9H,10H2,1-4H3,(H,22,25);4-5,15H,6H2,1-3H3;4-6H,1H2,2-3H3,(H,12,14);4-5H,3H2,1-2H3;1-4H2;1,3H;2H,1H3;1H;;;/q;;;;;;;;;;2*+1;-1/p-1/b;;;;;5-4+;;;;;;;. The van der Waals surface area contributed by atoms with Gasteiger partial charge >= 0.3 is 137 Å². The summed E-state index contributed by atoms with van der Waals surface area (Å²) in [4.78, 5) is 90.4. The minimum absolute atomic E-state index is 0. The topological polar surface area (TPSA) is 301 Å². The number of aromatic nitrogens is 12. The molecule has 1 fully saturated rings. The van der Waals surface area contributed by atoms with Crippen LogP contribution < -0.4 is 131 Å². The Bertz CT molecular complexity index is 7380. The van der Waals surface area contributed by atoms with Crippen LogP contribution in [-0.4, -0.2) is 119 Å². The van der Waals surface area contributed by atoms with Crippen molar-refractivity contribution in [2.45, 2.75) is 175 Å². The van der Waals surface area contributed by atoms with E-state index in [9.17, 15) is 33.9 Å². The predicted octanol–water partition coefficient (Wildman–Crippen LogP) is 14.9. The Morgan fingerprint density at radius 1 is 0.496 bits per heavy atom. The molecule has 0 spiro atoms. The molecular formula is C104H125Cl5K2N12O14. The normalized spacial score (nSPS) is 11.5. The van der Waals surface area contributed by atoms with Crippen molar-refractivity contribution in [1.82, 2.24) is 55.6 Å². The zero-order valence-corrected chi connectivity index (χ0v) is 93.3. The maximum atomic E-state index is 13.8. The van der Waals surface area contributed by atoms with Crippen LogP contribution in [0.2, 0.25) is 20.1 Å². The molecule has 722 valence electrons. The molecule has 0 saturated carbocycles. The van der Waals surface area contributed by atoms with Gasteiger partial charge in [-0.1, -0.05) is 104 Å². The first-order chi connectivity index (χ1) is 63.6. The molecule has 0 aliphatic carbocycles. The van der Waals surface area contributed by atoms with Gasteiger partial charge < -0.3 is 64.2 Å². The fourth-order valence-corrected chi connectivity index (χ4v) is 18.1. The van der Waals surface area contributed by atoms with Gasteiger partial charge in [0.15, 0.2) is 0 Å². The Hall–Kier alpha value is -8.81. The Labute approximate surface area is 911 Å². The molecule has 1 aliphatic rings. The Morgan fingerprint density at radius 3 is 1.24 bits per heavy atom. The maximum absolute atomic E-state index is 13.8. The van der Waals surface area contributed by atoms with Crippen LogP contribution in [0.1, 0.15) is 157 Å². The quantitative estimate of drug-likeness (QED) is 0.0175. The number of nitrogens with zero attached hydrogens (tertiary/aromatic N) is 10. The average Bonchev–Trinajstić information content (AvgIpc) is 1.60. The first-order valence-electron chi connectivity index (χ1n) is 43.9. The molecule has 1 aliphatic heterocycles. The number of aliphatic hydroxyl groups is 2. The third-order valence-electron chi connectivity index (χ3n) is 24.7. The van der Waals surface area contributed by atoms with Gasteiger partial charge in [0.25, 0.3) is 6.47 Å². The molecule has 16 aromatic rings. The van der Waals surface area contributed by atoms with Gasteiger partial charge in [-0.05, 0) is 281 Å². The van der Waals surface area contributed by atoms with Gasteiger partial charge in [0.2, 0.25) is 0 Å². The summed E-state index contributed by atoms with van der Waals surface area (Å²) < 4.78 is 33.2. The molecule has 0 bridgehead atoms. The number of fused-ring (bicyclic) bond motifs is 8. The molecule has 26 nitrogen and oxygen atoms in total. The molecule has 1 atom stereocenters. The van der Waals surface area contributed by atoms with Gasteiger partial charge in [-0.3, -0.25) is 37.0 Å². The van der Waals surface area contributed by atoms with Gasteiger partial charge in [0.1, 0.15) is 0 Å². The summed E-state index contributed by atoms with van der Waals surface area (Å²) in [7, 11) is 11.9. The van der Waals surface area contributed by atoms with Crippen LogP contribution in [0.15, 0.2) is 166 Å². The number of imidazole rings is 4. The van der Waals surface area contributed by atoms with Crippen molar-refractivity contribution < 1.29 is 153 Å². The van der Waals surface area contributed by atoms with Gasteiger partial charge in [0, 0.05) is 142 Å². The van der Waals surface area contributed by atoms with Crippen LogP contribution in [0.25, 0.3) is 99.1 Å². The van der Waals surface area contributed by atoms with E-state index in [4.69, 9.17) is 71.0 Å². The first-order valence-corrected chi connectivity index (χ1v) is 45.4. The van der Waals surface area contributed by atoms with Crippen LogP contribution in [0.4, 0.5) is 0 Å². The number of H-pyrrole nitrogens is 2. The number of ether oxygens (including phenoxy) is 3. The zero-order chi connectivity index (χ0) is 99.0. The molecule has 8 aromatic heterocycles. The van der Waals surface area contributed by atoms with Crippen LogP contribution in [0.3, 0.4) is 0 Å². The third kappa shape index (κ3) is 26.7. The smallest absolute Gasteiger partial charge is 1.00 e. The van der Waals surface area contributed by atoms with E-state index < -0.39 is 0 Å². The van der Waals surface area contributed by atoms with Crippen LogP contribution in [0, 0.1) is 83.1 Å². The van der Waals surface area contributed by atoms with E-state index in [1.165, 1.54) is 78.2 Å². The van der Waals surface area contributed by atoms with Crippen LogP contribution in [-0.2, 0) is 87.9 Å². The molecule has 137 heavy (non-hydrogen) atoms. The summed E-state index contributed by atoms with van der Waals surface area (Å²) in [6.07, 6.45) is 7.39. The van der Waals surface area contributed by atoms with Gasteiger partial charge in [0.05, 0.1) is 113 Å². The van der Waals surface area contributed by atoms with Crippen molar-refractivity contribution in [3.8, 4) is 0 Å². The van der Waals surface area contributed by atoms with Crippen molar-refractivity contribution in [3.05, 3.63) is 298 Å². The van der Waals surface area contributed by atoms with E-state index in [2.05, 4.69) is 121 Å². The molecule has 17 rings (SSSR count). The van der Waals surface area contributed by atoms with Crippen LogP contribution in [0.5, 0.6) is 0 Å². The number of rotatable bonds is 16. The minimum atomic E-state index is -0.325. The summed E-state index contributed by atoms with van der Waals surface area (Å²) in [5.41, 5.74) is 30.4. The number of hydrogen-bond donors (Lipinski definition) is 4. The molecule has 0 radical (unpaired) electrons. The number of hydrogen-bond acceptors (Lipinski definition) is 14. The van der Waals surface area contributed by atoms with Crippen molar-refractivity contribution in [2.75, 3.05) is 34.5 Å². The summed E-state index contributed by atoms with van der Waals surface area (Å²) in [6.45, 7) is 43.4. The minimum Gasteiger partial charge on any atom is -1.00 e. The van der Waals surface area contributed by atoms with Gasteiger partial charge in [-0.15, -0.1) is 12.4 Å². The van der Waals surface area contributed by atoms with Crippen molar-refractivity contribution in [3.63, 3.8) is 0 Å². The van der Waals surface area contributed by atoms with E-state index in [0.29, 0.717) is 51.8 Å². The summed E-state index contributed by atoms with van der Waals surface area (Å²) >= 11 is 25.3. The molecule has 4 N–H and O–H groups in total. The van der Waals surface area contributed by atoms with Crippen molar-refractivity contribution in [1.29, 1.82) is 0 Å². The van der Waals surface area contributed by atoms with E-state index in [0.717, 1.165) is 165 Å². The molecule has 8 aromatic carbocycles. The molecule has 0 amide bonds. The van der Waals surface area contributed by atoms with E-state index in [1.807, 2.05) is 195 Å². The molecule has 1 saturated heterocycles. The molecule has 1 unspecified atom stereocenters. The number of halogens is 5. The number of aliphatic hydroxyl groups excluding tert-OH is 2. The second-order valence-electron chi connectivity index (χ2n) is 33.5. The number of methoxy groups -OCH3 is 2. The third-order valence-corrected chi connectivity index (χ3v) is 25.5. The first kappa shape index (κ1) is 117. The largest absolute Gasteiger partial charge is 1.00 e. The molecule has 33 heteroatoms. The number of carbonyl (C=O) groups excluding carboxylic acids is 3. The van der Waals surface area contributed by atoms with Crippen LogP contribution >= 0.6 is 58.8 Å².